The number of aromatic nitrogens is 2. The van der Waals surface area contributed by atoms with Crippen LogP contribution < -0.4 is 5.32 Å². The summed E-state index contributed by atoms with van der Waals surface area (Å²) in [5, 5.41) is 7.18. The molecule has 2 aromatic carbocycles. The third-order valence-corrected chi connectivity index (χ3v) is 5.29. The SMILES string of the molecule is Cc1ccc(-c2nc(CC(=O)Nc3cc(Cl)cc4cccnc34)cs2)cc1. The number of aryl methyl sites for hydroxylation is 1. The molecule has 0 saturated heterocycles. The number of carbonyl (C=O) groups excluding carboxylic acids is 1. The molecule has 0 aliphatic rings. The first-order chi connectivity index (χ1) is 13.1. The van der Waals surface area contributed by atoms with E-state index in [1.165, 1.54) is 16.9 Å². The lowest BCUT2D eigenvalue weighted by molar-refractivity contribution is -0.115. The van der Waals surface area contributed by atoms with E-state index in [1.54, 1.807) is 12.3 Å². The minimum atomic E-state index is -0.148. The largest absolute Gasteiger partial charge is 0.324 e. The summed E-state index contributed by atoms with van der Waals surface area (Å²) in [6.07, 6.45) is 1.89. The van der Waals surface area contributed by atoms with Crippen LogP contribution in [0.2, 0.25) is 5.02 Å². The zero-order valence-corrected chi connectivity index (χ0v) is 16.1. The van der Waals surface area contributed by atoms with E-state index in [-0.39, 0.29) is 12.3 Å². The number of fused-ring (bicyclic) bond motifs is 1. The van der Waals surface area contributed by atoms with Crippen molar-refractivity contribution in [2.75, 3.05) is 5.32 Å². The highest BCUT2D eigenvalue weighted by molar-refractivity contribution is 7.13. The summed E-state index contributed by atoms with van der Waals surface area (Å²) in [5.74, 6) is -0.148. The third kappa shape index (κ3) is 3.99. The van der Waals surface area contributed by atoms with Crippen molar-refractivity contribution in [2.45, 2.75) is 13.3 Å². The molecular weight excluding hydrogens is 378 g/mol. The van der Waals surface area contributed by atoms with E-state index >= 15 is 0 Å². The number of hydrogen-bond acceptors (Lipinski definition) is 4. The van der Waals surface area contributed by atoms with Crippen molar-refractivity contribution in [3.05, 3.63) is 76.4 Å². The molecule has 6 heteroatoms. The summed E-state index contributed by atoms with van der Waals surface area (Å²) in [4.78, 5) is 21.4. The Morgan fingerprint density at radius 2 is 2.00 bits per heavy atom. The van der Waals surface area contributed by atoms with Gasteiger partial charge in [-0.2, -0.15) is 0 Å². The zero-order valence-electron chi connectivity index (χ0n) is 14.6. The molecule has 0 aliphatic heterocycles. The van der Waals surface area contributed by atoms with Crippen molar-refractivity contribution in [1.29, 1.82) is 0 Å². The summed E-state index contributed by atoms with van der Waals surface area (Å²) < 4.78 is 0. The maximum Gasteiger partial charge on any atom is 0.230 e. The molecule has 27 heavy (non-hydrogen) atoms. The molecule has 0 fully saturated rings. The van der Waals surface area contributed by atoms with Crippen LogP contribution in [0.15, 0.2) is 60.1 Å². The monoisotopic (exact) mass is 393 g/mol. The van der Waals surface area contributed by atoms with Crippen LogP contribution in [-0.2, 0) is 11.2 Å². The van der Waals surface area contributed by atoms with Crippen LogP contribution in [0.4, 0.5) is 5.69 Å². The van der Waals surface area contributed by atoms with Crippen LogP contribution in [0.25, 0.3) is 21.5 Å². The lowest BCUT2D eigenvalue weighted by atomic mass is 10.1. The zero-order chi connectivity index (χ0) is 18.8. The van der Waals surface area contributed by atoms with Crippen LogP contribution in [0, 0.1) is 6.92 Å². The number of benzene rings is 2. The Morgan fingerprint density at radius 1 is 1.19 bits per heavy atom. The van der Waals surface area contributed by atoms with E-state index in [0.29, 0.717) is 16.2 Å². The van der Waals surface area contributed by atoms with Gasteiger partial charge in [0.25, 0.3) is 0 Å². The number of halogens is 1. The molecule has 4 rings (SSSR count). The fraction of sp³-hybridized carbons (Fsp3) is 0.0952. The maximum atomic E-state index is 12.5. The predicted octanol–water partition coefficient (Wildman–Crippen LogP) is 5.50. The number of carbonyl (C=O) groups is 1. The van der Waals surface area contributed by atoms with Crippen molar-refractivity contribution in [3.63, 3.8) is 0 Å². The summed E-state index contributed by atoms with van der Waals surface area (Å²) in [6.45, 7) is 2.05. The van der Waals surface area contributed by atoms with Gasteiger partial charge in [-0.05, 0) is 25.1 Å². The lowest BCUT2D eigenvalue weighted by Gasteiger charge is -2.08. The molecule has 0 bridgehead atoms. The quantitative estimate of drug-likeness (QED) is 0.498. The molecule has 2 heterocycles. The molecule has 0 radical (unpaired) electrons. The first-order valence-electron chi connectivity index (χ1n) is 8.44. The second-order valence-corrected chi connectivity index (χ2v) is 7.56. The Bertz CT molecular complexity index is 1120. The van der Waals surface area contributed by atoms with Crippen LogP contribution in [0.1, 0.15) is 11.3 Å². The number of anilines is 1. The minimum absolute atomic E-state index is 0.148. The highest BCUT2D eigenvalue weighted by Gasteiger charge is 2.12. The van der Waals surface area contributed by atoms with Gasteiger partial charge in [0.1, 0.15) is 5.01 Å². The number of thiazole rings is 1. The molecule has 2 aromatic heterocycles. The Balaban J connectivity index is 1.51. The van der Waals surface area contributed by atoms with Crippen molar-refractivity contribution in [3.8, 4) is 10.6 Å². The Hall–Kier alpha value is -2.76. The maximum absolute atomic E-state index is 12.5. The number of nitrogens with one attached hydrogen (secondary N) is 1. The number of nitrogens with zero attached hydrogens (tertiary/aromatic N) is 2. The van der Waals surface area contributed by atoms with E-state index in [1.807, 2.05) is 35.7 Å². The molecule has 0 saturated carbocycles. The fourth-order valence-electron chi connectivity index (χ4n) is 2.83. The van der Waals surface area contributed by atoms with Crippen LogP contribution in [0.5, 0.6) is 0 Å². The summed E-state index contributed by atoms with van der Waals surface area (Å²) in [5.41, 5.74) is 4.33. The summed E-state index contributed by atoms with van der Waals surface area (Å²) in [6, 6.07) is 15.5. The molecular formula is C21H16ClN3OS. The second kappa shape index (κ2) is 7.47. The van der Waals surface area contributed by atoms with Crippen molar-refractivity contribution >= 4 is 45.4 Å². The van der Waals surface area contributed by atoms with Gasteiger partial charge in [0.15, 0.2) is 0 Å². The van der Waals surface area contributed by atoms with Gasteiger partial charge >= 0.3 is 0 Å². The molecule has 4 nitrogen and oxygen atoms in total. The van der Waals surface area contributed by atoms with Gasteiger partial charge in [-0.25, -0.2) is 4.98 Å². The molecule has 4 aromatic rings. The van der Waals surface area contributed by atoms with E-state index < -0.39 is 0 Å². The van der Waals surface area contributed by atoms with Gasteiger partial charge in [-0.3, -0.25) is 9.78 Å². The number of amides is 1. The van der Waals surface area contributed by atoms with E-state index in [0.717, 1.165) is 21.7 Å². The number of hydrogen-bond donors (Lipinski definition) is 1. The van der Waals surface area contributed by atoms with E-state index in [9.17, 15) is 4.79 Å². The average molecular weight is 394 g/mol. The molecule has 1 amide bonds. The standard InChI is InChI=1S/C21H16ClN3OS/c1-13-4-6-14(7-5-13)21-24-17(12-27-21)11-19(26)25-18-10-16(22)9-15-3-2-8-23-20(15)18/h2-10,12H,11H2,1H3,(H,25,26). The molecule has 0 spiro atoms. The van der Waals surface area contributed by atoms with Crippen LogP contribution >= 0.6 is 22.9 Å². The first-order valence-corrected chi connectivity index (χ1v) is 9.70. The second-order valence-electron chi connectivity index (χ2n) is 6.26. The summed E-state index contributed by atoms with van der Waals surface area (Å²) in [7, 11) is 0. The lowest BCUT2D eigenvalue weighted by Crippen LogP contribution is -2.15. The van der Waals surface area contributed by atoms with Gasteiger partial charge in [-0.15, -0.1) is 11.3 Å². The van der Waals surface area contributed by atoms with E-state index in [2.05, 4.69) is 34.3 Å². The highest BCUT2D eigenvalue weighted by Crippen LogP contribution is 2.27. The van der Waals surface area contributed by atoms with E-state index in [4.69, 9.17) is 11.6 Å². The number of rotatable bonds is 4. The van der Waals surface area contributed by atoms with Gasteiger partial charge in [-0.1, -0.05) is 47.5 Å². The molecule has 0 atom stereocenters. The Kier molecular flexibility index (Phi) is 4.88. The molecule has 0 aliphatic carbocycles. The van der Waals surface area contributed by atoms with Crippen molar-refractivity contribution in [1.82, 2.24) is 9.97 Å². The number of pyridine rings is 1. The van der Waals surface area contributed by atoms with Crippen LogP contribution in [-0.4, -0.2) is 15.9 Å². The van der Waals surface area contributed by atoms with Crippen molar-refractivity contribution in [2.24, 2.45) is 0 Å². The van der Waals surface area contributed by atoms with Gasteiger partial charge in [0, 0.05) is 27.5 Å². The third-order valence-electron chi connectivity index (χ3n) is 4.14. The van der Waals surface area contributed by atoms with Gasteiger partial charge < -0.3 is 5.32 Å². The Labute approximate surface area is 165 Å². The molecule has 0 unspecified atom stereocenters. The highest BCUT2D eigenvalue weighted by atomic mass is 35.5. The summed E-state index contributed by atoms with van der Waals surface area (Å²) >= 11 is 7.70. The minimum Gasteiger partial charge on any atom is -0.324 e. The smallest absolute Gasteiger partial charge is 0.230 e. The first kappa shape index (κ1) is 17.6. The average Bonchev–Trinajstić information content (AvgIpc) is 3.10. The van der Waals surface area contributed by atoms with Crippen LogP contribution in [0.3, 0.4) is 0 Å². The van der Waals surface area contributed by atoms with Gasteiger partial charge in [0.05, 0.1) is 23.3 Å². The fourth-order valence-corrected chi connectivity index (χ4v) is 3.88. The van der Waals surface area contributed by atoms with Gasteiger partial charge in [0.2, 0.25) is 5.91 Å². The molecule has 134 valence electrons. The topological polar surface area (TPSA) is 54.9 Å². The molecule has 1 N–H and O–H groups in total. The Morgan fingerprint density at radius 3 is 2.81 bits per heavy atom. The normalized spacial score (nSPS) is 10.9. The van der Waals surface area contributed by atoms with Crippen molar-refractivity contribution < 1.29 is 4.79 Å². The predicted molar refractivity (Wildman–Crippen MR) is 111 cm³/mol.